The number of rotatable bonds is 7. The van der Waals surface area contributed by atoms with E-state index in [4.69, 9.17) is 9.47 Å². The van der Waals surface area contributed by atoms with Gasteiger partial charge in [-0.1, -0.05) is 19.8 Å². The predicted octanol–water partition coefficient (Wildman–Crippen LogP) is 4.15. The monoisotopic (exact) mass is 321 g/mol. The Kier molecular flexibility index (Phi) is 6.02. The van der Waals surface area contributed by atoms with E-state index in [2.05, 4.69) is 11.9 Å². The second-order valence-electron chi connectivity index (χ2n) is 4.91. The van der Waals surface area contributed by atoms with Crippen LogP contribution in [0.15, 0.2) is 36.5 Å². The number of aromatic nitrogens is 1. The number of ether oxygens (including phenoxy) is 2. The fourth-order valence-electron chi connectivity index (χ4n) is 1.85. The van der Waals surface area contributed by atoms with Gasteiger partial charge in [-0.05, 0) is 30.7 Å². The van der Waals surface area contributed by atoms with Gasteiger partial charge in [0.1, 0.15) is 5.75 Å². The van der Waals surface area contributed by atoms with Crippen molar-refractivity contribution in [2.24, 2.45) is 0 Å². The van der Waals surface area contributed by atoms with Crippen LogP contribution in [0.25, 0.3) is 0 Å². The summed E-state index contributed by atoms with van der Waals surface area (Å²) < 4.78 is 36.2. The minimum Gasteiger partial charge on any atom is -0.494 e. The van der Waals surface area contributed by atoms with E-state index in [1.807, 2.05) is 0 Å². The van der Waals surface area contributed by atoms with E-state index in [1.165, 1.54) is 0 Å². The van der Waals surface area contributed by atoms with Crippen molar-refractivity contribution in [1.29, 1.82) is 0 Å². The quantitative estimate of drug-likeness (QED) is 0.437. The lowest BCUT2D eigenvalue weighted by atomic mass is 10.2. The number of carbonyl (C=O) groups excluding carboxylic acids is 1. The largest absolute Gasteiger partial charge is 0.494 e. The fourth-order valence-corrected chi connectivity index (χ4v) is 1.85. The van der Waals surface area contributed by atoms with Crippen LogP contribution in [0.3, 0.4) is 0 Å². The molecule has 23 heavy (non-hydrogen) atoms. The minimum absolute atomic E-state index is 0.159. The summed E-state index contributed by atoms with van der Waals surface area (Å²) in [4.78, 5) is 15.1. The van der Waals surface area contributed by atoms with Gasteiger partial charge in [0, 0.05) is 6.07 Å². The lowest BCUT2D eigenvalue weighted by Gasteiger charge is -2.07. The summed E-state index contributed by atoms with van der Waals surface area (Å²) in [6, 6.07) is 7.18. The molecule has 2 rings (SSSR count). The van der Waals surface area contributed by atoms with E-state index >= 15 is 0 Å². The smallest absolute Gasteiger partial charge is 0.343 e. The molecule has 0 saturated heterocycles. The summed E-state index contributed by atoms with van der Waals surface area (Å²) in [7, 11) is 0. The van der Waals surface area contributed by atoms with Crippen LogP contribution in [0.4, 0.5) is 8.78 Å². The van der Waals surface area contributed by atoms with Gasteiger partial charge in [0.25, 0.3) is 0 Å². The zero-order valence-electron chi connectivity index (χ0n) is 12.7. The average molecular weight is 321 g/mol. The van der Waals surface area contributed by atoms with Crippen molar-refractivity contribution in [2.75, 3.05) is 6.61 Å². The van der Waals surface area contributed by atoms with Gasteiger partial charge >= 0.3 is 5.97 Å². The molecule has 0 amide bonds. The molecule has 0 aliphatic carbocycles. The molecule has 6 heteroatoms. The maximum Gasteiger partial charge on any atom is 0.343 e. The summed E-state index contributed by atoms with van der Waals surface area (Å²) in [6.45, 7) is 2.74. The van der Waals surface area contributed by atoms with Gasteiger partial charge in [-0.15, -0.1) is 0 Å². The molecule has 0 spiro atoms. The van der Waals surface area contributed by atoms with Gasteiger partial charge in [-0.3, -0.25) is 0 Å². The SMILES string of the molecule is CCCCCOc1ccc(C(=O)Oc2cnc(F)c(F)c2)cc1. The molecule has 0 saturated carbocycles. The molecule has 1 heterocycles. The van der Waals surface area contributed by atoms with Crippen LogP contribution in [0, 0.1) is 11.8 Å². The molecule has 2 aromatic rings. The Bertz CT molecular complexity index is 659. The number of unbranched alkanes of at least 4 members (excludes halogenated alkanes) is 2. The lowest BCUT2D eigenvalue weighted by molar-refractivity contribution is 0.0733. The van der Waals surface area contributed by atoms with Gasteiger partial charge in [-0.25, -0.2) is 14.2 Å². The summed E-state index contributed by atoms with van der Waals surface area (Å²) in [5.74, 6) is -2.60. The van der Waals surface area contributed by atoms with E-state index in [0.717, 1.165) is 31.5 Å². The molecule has 0 aliphatic heterocycles. The fraction of sp³-hybridized carbons (Fsp3) is 0.294. The van der Waals surface area contributed by atoms with Crippen molar-refractivity contribution in [1.82, 2.24) is 4.98 Å². The third-order valence-corrected chi connectivity index (χ3v) is 3.09. The Morgan fingerprint density at radius 1 is 1.13 bits per heavy atom. The first-order valence-electron chi connectivity index (χ1n) is 7.36. The van der Waals surface area contributed by atoms with Gasteiger partial charge in [0.15, 0.2) is 11.6 Å². The Hall–Kier alpha value is -2.50. The average Bonchev–Trinajstić information content (AvgIpc) is 2.55. The molecule has 0 radical (unpaired) electrons. The van der Waals surface area contributed by atoms with Gasteiger partial charge in [0.2, 0.25) is 5.95 Å². The Morgan fingerprint density at radius 2 is 1.87 bits per heavy atom. The van der Waals surface area contributed by atoms with Crippen LogP contribution in [0.5, 0.6) is 11.5 Å². The van der Waals surface area contributed by atoms with Crippen molar-refractivity contribution in [3.63, 3.8) is 0 Å². The van der Waals surface area contributed by atoms with E-state index < -0.39 is 17.7 Å². The first-order chi connectivity index (χ1) is 11.1. The Morgan fingerprint density at radius 3 is 2.52 bits per heavy atom. The molecule has 0 fully saturated rings. The molecule has 1 aromatic carbocycles. The summed E-state index contributed by atoms with van der Waals surface area (Å²) in [5, 5.41) is 0. The lowest BCUT2D eigenvalue weighted by Crippen LogP contribution is -2.09. The summed E-state index contributed by atoms with van der Waals surface area (Å²) in [5.41, 5.74) is 0.274. The minimum atomic E-state index is -1.24. The third kappa shape index (κ3) is 5.02. The highest BCUT2D eigenvalue weighted by Crippen LogP contribution is 2.17. The molecular formula is C17H17F2NO3. The molecule has 0 atom stereocenters. The van der Waals surface area contributed by atoms with Crippen LogP contribution < -0.4 is 9.47 Å². The molecule has 0 unspecified atom stereocenters. The molecular weight excluding hydrogens is 304 g/mol. The van der Waals surface area contributed by atoms with Crippen LogP contribution >= 0.6 is 0 Å². The molecule has 0 bridgehead atoms. The van der Waals surface area contributed by atoms with Crippen LogP contribution in [0.2, 0.25) is 0 Å². The zero-order chi connectivity index (χ0) is 16.7. The Labute approximate surface area is 133 Å². The van der Waals surface area contributed by atoms with Crippen LogP contribution in [-0.2, 0) is 0 Å². The van der Waals surface area contributed by atoms with Crippen LogP contribution in [0.1, 0.15) is 36.5 Å². The molecule has 1 aromatic heterocycles. The van der Waals surface area contributed by atoms with Gasteiger partial charge in [-0.2, -0.15) is 4.39 Å². The van der Waals surface area contributed by atoms with Crippen molar-refractivity contribution in [3.05, 3.63) is 53.9 Å². The van der Waals surface area contributed by atoms with E-state index in [0.29, 0.717) is 12.4 Å². The second kappa shape index (κ2) is 8.22. The first-order valence-corrected chi connectivity index (χ1v) is 7.36. The van der Waals surface area contributed by atoms with Crippen molar-refractivity contribution in [3.8, 4) is 11.5 Å². The topological polar surface area (TPSA) is 48.4 Å². The highest BCUT2D eigenvalue weighted by atomic mass is 19.2. The van der Waals surface area contributed by atoms with E-state index in [1.54, 1.807) is 24.3 Å². The van der Waals surface area contributed by atoms with Crippen molar-refractivity contribution in [2.45, 2.75) is 26.2 Å². The Balaban J connectivity index is 1.93. The normalized spacial score (nSPS) is 10.4. The number of pyridine rings is 1. The number of esters is 1. The number of nitrogens with zero attached hydrogens (tertiary/aromatic N) is 1. The maximum absolute atomic E-state index is 13.0. The number of carbonyl (C=O) groups is 1. The molecule has 4 nitrogen and oxygen atoms in total. The van der Waals surface area contributed by atoms with Crippen LogP contribution in [-0.4, -0.2) is 17.6 Å². The maximum atomic E-state index is 13.0. The van der Waals surface area contributed by atoms with Crippen molar-refractivity contribution < 1.29 is 23.0 Å². The number of hydrogen-bond donors (Lipinski definition) is 0. The van der Waals surface area contributed by atoms with Crippen molar-refractivity contribution >= 4 is 5.97 Å². The molecule has 122 valence electrons. The highest BCUT2D eigenvalue weighted by molar-refractivity contribution is 5.91. The second-order valence-corrected chi connectivity index (χ2v) is 4.91. The zero-order valence-corrected chi connectivity index (χ0v) is 12.7. The summed E-state index contributed by atoms with van der Waals surface area (Å²) in [6.07, 6.45) is 4.14. The first kappa shape index (κ1) is 16.9. The van der Waals surface area contributed by atoms with Gasteiger partial charge in [0.05, 0.1) is 18.4 Å². The third-order valence-electron chi connectivity index (χ3n) is 3.09. The number of benzene rings is 1. The van der Waals surface area contributed by atoms with E-state index in [-0.39, 0.29) is 11.3 Å². The van der Waals surface area contributed by atoms with Gasteiger partial charge < -0.3 is 9.47 Å². The standard InChI is InChI=1S/C17H17F2NO3/c1-2-3-4-9-22-13-7-5-12(6-8-13)17(21)23-14-10-15(18)16(19)20-11-14/h5-8,10-11H,2-4,9H2,1H3. The van der Waals surface area contributed by atoms with E-state index in [9.17, 15) is 13.6 Å². The molecule has 0 N–H and O–H groups in total. The molecule has 0 aliphatic rings. The number of halogens is 2. The predicted molar refractivity (Wildman–Crippen MR) is 80.6 cm³/mol. The number of hydrogen-bond acceptors (Lipinski definition) is 4. The summed E-state index contributed by atoms with van der Waals surface area (Å²) >= 11 is 0. The highest BCUT2D eigenvalue weighted by Gasteiger charge is 2.11.